The molecule has 9 heteroatoms. The van der Waals surface area contributed by atoms with Crippen LogP contribution in [0.3, 0.4) is 0 Å². The van der Waals surface area contributed by atoms with Crippen LogP contribution >= 0.6 is 0 Å². The fraction of sp³-hybridized carbons (Fsp3) is 0.684. The molecule has 1 aromatic heterocycles. The Hall–Kier alpha value is -1.65. The number of rotatable bonds is 6. The zero-order chi connectivity index (χ0) is 19.5. The second kappa shape index (κ2) is 8.79. The SMILES string of the molecule is O=C(C[C@@H]1C[C@H]2O[C@H](CNCc3ccncc3F)[C@@H](O)[C@H]2O1)N1CCOCC1. The van der Waals surface area contributed by atoms with Gasteiger partial charge in [0.1, 0.15) is 18.0 Å². The van der Waals surface area contributed by atoms with E-state index in [2.05, 4.69) is 10.3 Å². The van der Waals surface area contributed by atoms with Gasteiger partial charge in [0.2, 0.25) is 5.91 Å². The minimum atomic E-state index is -0.775. The van der Waals surface area contributed by atoms with Gasteiger partial charge in [0.25, 0.3) is 0 Å². The van der Waals surface area contributed by atoms with Gasteiger partial charge in [-0.3, -0.25) is 9.78 Å². The molecule has 0 radical (unpaired) electrons. The lowest BCUT2D eigenvalue weighted by molar-refractivity contribution is -0.138. The molecule has 2 N–H and O–H groups in total. The maximum atomic E-state index is 13.6. The lowest BCUT2D eigenvalue weighted by Gasteiger charge is -2.28. The molecule has 0 spiro atoms. The van der Waals surface area contributed by atoms with Gasteiger partial charge in [-0.2, -0.15) is 0 Å². The second-order valence-electron chi connectivity index (χ2n) is 7.46. The monoisotopic (exact) mass is 395 g/mol. The summed E-state index contributed by atoms with van der Waals surface area (Å²) in [6.07, 6.45) is 1.53. The van der Waals surface area contributed by atoms with Crippen LogP contribution in [0.25, 0.3) is 0 Å². The number of hydrogen-bond donors (Lipinski definition) is 2. The number of carbonyl (C=O) groups excluding carboxylic acids is 1. The van der Waals surface area contributed by atoms with Crippen LogP contribution in [0.1, 0.15) is 18.4 Å². The summed E-state index contributed by atoms with van der Waals surface area (Å²) in [5.41, 5.74) is 0.514. The largest absolute Gasteiger partial charge is 0.388 e. The maximum Gasteiger partial charge on any atom is 0.225 e. The Morgan fingerprint density at radius 2 is 2.18 bits per heavy atom. The average molecular weight is 395 g/mol. The molecule has 8 nitrogen and oxygen atoms in total. The van der Waals surface area contributed by atoms with Crippen molar-refractivity contribution in [2.75, 3.05) is 32.8 Å². The number of pyridine rings is 1. The molecule has 0 bridgehead atoms. The first-order valence-corrected chi connectivity index (χ1v) is 9.75. The Morgan fingerprint density at radius 1 is 1.36 bits per heavy atom. The summed E-state index contributed by atoms with van der Waals surface area (Å²) in [7, 11) is 0. The zero-order valence-corrected chi connectivity index (χ0v) is 15.6. The van der Waals surface area contributed by atoms with Crippen molar-refractivity contribution in [1.82, 2.24) is 15.2 Å². The molecule has 5 atom stereocenters. The number of fused-ring (bicyclic) bond motifs is 1. The lowest BCUT2D eigenvalue weighted by Crippen LogP contribution is -2.42. The van der Waals surface area contributed by atoms with E-state index in [1.54, 1.807) is 11.0 Å². The third-order valence-corrected chi connectivity index (χ3v) is 5.56. The van der Waals surface area contributed by atoms with Gasteiger partial charge < -0.3 is 29.5 Å². The highest BCUT2D eigenvalue weighted by atomic mass is 19.1. The van der Waals surface area contributed by atoms with Crippen LogP contribution in [0.2, 0.25) is 0 Å². The number of aliphatic hydroxyl groups is 1. The molecular weight excluding hydrogens is 369 g/mol. The molecule has 4 rings (SSSR count). The summed E-state index contributed by atoms with van der Waals surface area (Å²) in [6.45, 7) is 3.09. The minimum absolute atomic E-state index is 0.0559. The van der Waals surface area contributed by atoms with Gasteiger partial charge >= 0.3 is 0 Å². The summed E-state index contributed by atoms with van der Waals surface area (Å²) >= 11 is 0. The standard InChI is InChI=1S/C19H26FN3O5/c20-14-10-21-2-1-12(14)9-22-11-16-18(25)19-15(28-16)7-13(27-19)8-17(24)23-3-5-26-6-4-23/h1-2,10,13,15-16,18-19,22,25H,3-9,11H2/t13-,15+,16+,18+,19-/m0/s1. The number of morpholine rings is 1. The summed E-state index contributed by atoms with van der Waals surface area (Å²) < 4.78 is 30.7. The normalized spacial score (nSPS) is 32.5. The number of ether oxygens (including phenoxy) is 3. The van der Waals surface area contributed by atoms with Crippen LogP contribution in [0, 0.1) is 5.82 Å². The Labute approximate surface area is 163 Å². The number of carbonyl (C=O) groups is 1. The molecule has 28 heavy (non-hydrogen) atoms. The molecule has 0 saturated carbocycles. The molecule has 154 valence electrons. The minimum Gasteiger partial charge on any atom is -0.388 e. The highest BCUT2D eigenvalue weighted by Crippen LogP contribution is 2.35. The summed E-state index contributed by atoms with van der Waals surface area (Å²) in [6, 6.07) is 1.61. The van der Waals surface area contributed by atoms with Crippen molar-refractivity contribution >= 4 is 5.91 Å². The maximum absolute atomic E-state index is 13.6. The first kappa shape index (κ1) is 19.7. The molecule has 1 amide bonds. The van der Waals surface area contributed by atoms with Gasteiger partial charge in [0, 0.05) is 44.4 Å². The van der Waals surface area contributed by atoms with Crippen molar-refractivity contribution in [3.8, 4) is 0 Å². The van der Waals surface area contributed by atoms with E-state index >= 15 is 0 Å². The number of aliphatic hydroxyl groups excluding tert-OH is 1. The molecule has 1 aromatic rings. The Kier molecular flexibility index (Phi) is 6.17. The van der Waals surface area contributed by atoms with Gasteiger partial charge in [-0.05, 0) is 6.07 Å². The first-order chi connectivity index (χ1) is 13.6. The van der Waals surface area contributed by atoms with Crippen molar-refractivity contribution in [1.29, 1.82) is 0 Å². The summed E-state index contributed by atoms with van der Waals surface area (Å²) in [5, 5.41) is 13.6. The van der Waals surface area contributed by atoms with Crippen molar-refractivity contribution < 1.29 is 28.5 Å². The molecule has 0 aliphatic carbocycles. The lowest BCUT2D eigenvalue weighted by atomic mass is 10.1. The van der Waals surface area contributed by atoms with E-state index in [-0.39, 0.29) is 23.9 Å². The summed E-state index contributed by atoms with van der Waals surface area (Å²) in [4.78, 5) is 17.9. The Morgan fingerprint density at radius 3 is 2.93 bits per heavy atom. The number of nitrogens with one attached hydrogen (secondary N) is 1. The van der Waals surface area contributed by atoms with Crippen LogP contribution < -0.4 is 5.32 Å². The van der Waals surface area contributed by atoms with Crippen LogP contribution in [0.15, 0.2) is 18.5 Å². The Balaban J connectivity index is 1.22. The average Bonchev–Trinajstić information content (AvgIpc) is 3.22. The second-order valence-corrected chi connectivity index (χ2v) is 7.46. The quantitative estimate of drug-likeness (QED) is 0.692. The van der Waals surface area contributed by atoms with Crippen molar-refractivity contribution in [2.24, 2.45) is 0 Å². The van der Waals surface area contributed by atoms with E-state index in [0.717, 1.165) is 0 Å². The smallest absolute Gasteiger partial charge is 0.225 e. The van der Waals surface area contributed by atoms with Crippen LogP contribution in [0.5, 0.6) is 0 Å². The van der Waals surface area contributed by atoms with Crippen molar-refractivity contribution in [3.05, 3.63) is 29.8 Å². The zero-order valence-electron chi connectivity index (χ0n) is 15.6. The van der Waals surface area contributed by atoms with Gasteiger partial charge in [-0.15, -0.1) is 0 Å². The molecule has 3 aliphatic heterocycles. The van der Waals surface area contributed by atoms with Crippen molar-refractivity contribution in [2.45, 2.75) is 49.9 Å². The van der Waals surface area contributed by atoms with E-state index in [1.165, 1.54) is 12.4 Å². The third kappa shape index (κ3) is 4.33. The number of nitrogens with zero attached hydrogens (tertiary/aromatic N) is 2. The van der Waals surface area contributed by atoms with E-state index in [9.17, 15) is 14.3 Å². The molecule has 3 aliphatic rings. The third-order valence-electron chi connectivity index (χ3n) is 5.56. The number of amides is 1. The van der Waals surface area contributed by atoms with Crippen LogP contribution in [0.4, 0.5) is 4.39 Å². The number of halogens is 1. The predicted octanol–water partition coefficient (Wildman–Crippen LogP) is -0.155. The molecule has 0 aromatic carbocycles. The van der Waals surface area contributed by atoms with Crippen LogP contribution in [-0.4, -0.2) is 84.3 Å². The fourth-order valence-corrected chi connectivity index (χ4v) is 4.04. The molecule has 3 fully saturated rings. The van der Waals surface area contributed by atoms with Gasteiger partial charge in [-0.25, -0.2) is 4.39 Å². The first-order valence-electron chi connectivity index (χ1n) is 9.75. The van der Waals surface area contributed by atoms with Gasteiger partial charge in [0.05, 0.1) is 44.1 Å². The molecular formula is C19H26FN3O5. The molecule has 3 saturated heterocycles. The highest BCUT2D eigenvalue weighted by Gasteiger charge is 2.50. The topological polar surface area (TPSA) is 93.2 Å². The number of hydrogen-bond acceptors (Lipinski definition) is 7. The fourth-order valence-electron chi connectivity index (χ4n) is 4.04. The predicted molar refractivity (Wildman–Crippen MR) is 95.9 cm³/mol. The van der Waals surface area contributed by atoms with E-state index in [4.69, 9.17) is 14.2 Å². The number of aromatic nitrogens is 1. The van der Waals surface area contributed by atoms with Gasteiger partial charge in [-0.1, -0.05) is 0 Å². The van der Waals surface area contributed by atoms with Crippen molar-refractivity contribution in [3.63, 3.8) is 0 Å². The van der Waals surface area contributed by atoms with E-state index < -0.39 is 18.3 Å². The van der Waals surface area contributed by atoms with Gasteiger partial charge in [0.15, 0.2) is 0 Å². The van der Waals surface area contributed by atoms with E-state index in [1.807, 2.05) is 0 Å². The van der Waals surface area contributed by atoms with E-state index in [0.29, 0.717) is 57.8 Å². The molecule has 0 unspecified atom stereocenters. The Bertz CT molecular complexity index is 687. The highest BCUT2D eigenvalue weighted by molar-refractivity contribution is 5.76. The summed E-state index contributed by atoms with van der Waals surface area (Å²) in [5.74, 6) is -0.309. The van der Waals surface area contributed by atoms with Crippen LogP contribution in [-0.2, 0) is 25.5 Å². The molecule has 4 heterocycles.